The van der Waals surface area contributed by atoms with Crippen molar-refractivity contribution in [1.82, 2.24) is 0 Å². The molecule has 0 aliphatic heterocycles. The predicted octanol–water partition coefficient (Wildman–Crippen LogP) is 1.54. The van der Waals surface area contributed by atoms with Crippen LogP contribution in [0.1, 0.15) is 30.9 Å². The van der Waals surface area contributed by atoms with Gasteiger partial charge in [0.15, 0.2) is 0 Å². The van der Waals surface area contributed by atoms with E-state index in [1.165, 1.54) is 16.3 Å². The molecule has 0 nitrogen and oxygen atoms in total. The van der Waals surface area contributed by atoms with Gasteiger partial charge in [-0.15, -0.1) is 11.6 Å². The third kappa shape index (κ3) is 1.90. The molecule has 0 atom stereocenters. The summed E-state index contributed by atoms with van der Waals surface area (Å²) in [5.74, 6) is 1.25. The summed E-state index contributed by atoms with van der Waals surface area (Å²) >= 11 is 5.86. The Kier molecular flexibility index (Phi) is 3.36. The number of hydrogen-bond donors (Lipinski definition) is 0. The minimum absolute atomic E-state index is 0.604. The molecular formula is C10H15ClSi. The van der Waals surface area contributed by atoms with Crippen molar-refractivity contribution < 1.29 is 0 Å². The molecule has 0 aromatic heterocycles. The second-order valence-electron chi connectivity index (χ2n) is 3.44. The molecule has 1 rings (SSSR count). The Balaban J connectivity index is 3.20. The molecule has 66 valence electrons. The summed E-state index contributed by atoms with van der Waals surface area (Å²) in [6.45, 7) is 4.46. The van der Waals surface area contributed by atoms with Gasteiger partial charge in [-0.25, -0.2) is 0 Å². The highest BCUT2D eigenvalue weighted by molar-refractivity contribution is 6.33. The molecule has 0 aliphatic carbocycles. The van der Waals surface area contributed by atoms with Crippen molar-refractivity contribution in [3.63, 3.8) is 0 Å². The zero-order valence-electron chi connectivity index (χ0n) is 7.89. The lowest BCUT2D eigenvalue weighted by Crippen LogP contribution is -2.13. The molecule has 0 spiro atoms. The van der Waals surface area contributed by atoms with Gasteiger partial charge >= 0.3 is 0 Å². The van der Waals surface area contributed by atoms with Gasteiger partial charge in [-0.05, 0) is 17.0 Å². The minimum Gasteiger partial charge on any atom is -0.122 e. The fourth-order valence-electron chi connectivity index (χ4n) is 1.68. The summed E-state index contributed by atoms with van der Waals surface area (Å²) in [7, 11) is 1.12. The zero-order chi connectivity index (χ0) is 9.14. The van der Waals surface area contributed by atoms with Crippen molar-refractivity contribution in [2.24, 2.45) is 0 Å². The number of alkyl halides is 1. The number of rotatable bonds is 2. The van der Waals surface area contributed by atoms with Gasteiger partial charge < -0.3 is 0 Å². The fraction of sp³-hybridized carbons (Fsp3) is 0.400. The SMILES string of the molecule is CC(C)c1c([SiH3])cccc1CCl. The van der Waals surface area contributed by atoms with E-state index in [-0.39, 0.29) is 0 Å². The molecule has 0 unspecified atom stereocenters. The van der Waals surface area contributed by atoms with Gasteiger partial charge in [-0.1, -0.05) is 37.2 Å². The molecule has 0 amide bonds. The topological polar surface area (TPSA) is 0 Å². The third-order valence-corrected chi connectivity index (χ3v) is 3.30. The predicted molar refractivity (Wildman–Crippen MR) is 59.7 cm³/mol. The van der Waals surface area contributed by atoms with Gasteiger partial charge in [-0.2, -0.15) is 0 Å². The lowest BCUT2D eigenvalue weighted by Gasteiger charge is -2.13. The molecule has 0 bridgehead atoms. The molecule has 0 saturated heterocycles. The molecule has 0 N–H and O–H groups in total. The Morgan fingerprint density at radius 3 is 2.50 bits per heavy atom. The first kappa shape index (κ1) is 9.81. The number of benzene rings is 1. The van der Waals surface area contributed by atoms with Crippen molar-refractivity contribution >= 4 is 27.0 Å². The summed E-state index contributed by atoms with van der Waals surface area (Å²) in [4.78, 5) is 0. The van der Waals surface area contributed by atoms with Gasteiger partial charge in [0.2, 0.25) is 0 Å². The van der Waals surface area contributed by atoms with Crippen molar-refractivity contribution in [2.45, 2.75) is 25.6 Å². The fourth-order valence-corrected chi connectivity index (χ4v) is 3.01. The molecule has 0 heterocycles. The van der Waals surface area contributed by atoms with E-state index in [0.29, 0.717) is 11.8 Å². The average molecular weight is 199 g/mol. The highest BCUT2D eigenvalue weighted by Gasteiger charge is 2.07. The van der Waals surface area contributed by atoms with E-state index in [0.717, 1.165) is 10.2 Å². The second kappa shape index (κ2) is 4.10. The first-order valence-electron chi connectivity index (χ1n) is 4.31. The van der Waals surface area contributed by atoms with Crippen LogP contribution in [0.2, 0.25) is 0 Å². The Bertz CT molecular complexity index is 269. The monoisotopic (exact) mass is 198 g/mol. The van der Waals surface area contributed by atoms with E-state index in [1.807, 2.05) is 0 Å². The maximum absolute atomic E-state index is 5.86. The van der Waals surface area contributed by atoms with Crippen LogP contribution in [0.4, 0.5) is 0 Å². The molecule has 1 aromatic carbocycles. The first-order chi connectivity index (χ1) is 5.66. The van der Waals surface area contributed by atoms with E-state index in [2.05, 4.69) is 32.0 Å². The van der Waals surface area contributed by atoms with Gasteiger partial charge in [0.1, 0.15) is 0 Å². The molecule has 0 radical (unpaired) electrons. The average Bonchev–Trinajstić information content (AvgIpc) is 2.03. The number of hydrogen-bond acceptors (Lipinski definition) is 0. The molecule has 0 aliphatic rings. The summed E-state index contributed by atoms with van der Waals surface area (Å²) in [6, 6.07) is 6.44. The maximum atomic E-state index is 5.86. The Hall–Kier alpha value is -0.273. The van der Waals surface area contributed by atoms with E-state index in [9.17, 15) is 0 Å². The zero-order valence-corrected chi connectivity index (χ0v) is 10.7. The van der Waals surface area contributed by atoms with Crippen LogP contribution in [0.3, 0.4) is 0 Å². The lowest BCUT2D eigenvalue weighted by atomic mass is 9.98. The van der Waals surface area contributed by atoms with Crippen LogP contribution < -0.4 is 5.19 Å². The van der Waals surface area contributed by atoms with E-state index >= 15 is 0 Å². The molecular weight excluding hydrogens is 184 g/mol. The quantitative estimate of drug-likeness (QED) is 0.500. The Morgan fingerprint density at radius 1 is 1.42 bits per heavy atom. The van der Waals surface area contributed by atoms with E-state index in [4.69, 9.17) is 11.6 Å². The third-order valence-electron chi connectivity index (χ3n) is 2.14. The molecule has 2 heteroatoms. The minimum atomic E-state index is 0.604. The van der Waals surface area contributed by atoms with E-state index < -0.39 is 0 Å². The maximum Gasteiger partial charge on any atom is 0.0476 e. The van der Waals surface area contributed by atoms with Crippen LogP contribution in [-0.4, -0.2) is 10.2 Å². The molecule has 0 saturated carbocycles. The van der Waals surface area contributed by atoms with Crippen molar-refractivity contribution in [2.75, 3.05) is 0 Å². The normalized spacial score (nSPS) is 11.0. The number of halogens is 1. The Labute approximate surface area is 82.4 Å². The van der Waals surface area contributed by atoms with Gasteiger partial charge in [0, 0.05) is 16.1 Å². The lowest BCUT2D eigenvalue weighted by molar-refractivity contribution is 0.861. The van der Waals surface area contributed by atoms with Crippen LogP contribution in [0.5, 0.6) is 0 Å². The van der Waals surface area contributed by atoms with Crippen LogP contribution >= 0.6 is 11.6 Å². The first-order valence-corrected chi connectivity index (χ1v) is 5.84. The standard InChI is InChI=1S/C10H15ClSi/c1-7(2)10-8(6-11)4-3-5-9(10)12/h3-5,7H,6H2,1-2,12H3. The highest BCUT2D eigenvalue weighted by Crippen LogP contribution is 2.18. The smallest absolute Gasteiger partial charge is 0.0476 e. The van der Waals surface area contributed by atoms with Crippen LogP contribution in [0.25, 0.3) is 0 Å². The summed E-state index contributed by atoms with van der Waals surface area (Å²) in [5, 5.41) is 1.49. The molecule has 1 aromatic rings. The summed E-state index contributed by atoms with van der Waals surface area (Å²) in [6.07, 6.45) is 0. The van der Waals surface area contributed by atoms with Crippen LogP contribution in [0.15, 0.2) is 18.2 Å². The van der Waals surface area contributed by atoms with Crippen molar-refractivity contribution in [3.8, 4) is 0 Å². The summed E-state index contributed by atoms with van der Waals surface area (Å²) < 4.78 is 0. The van der Waals surface area contributed by atoms with Crippen molar-refractivity contribution in [3.05, 3.63) is 29.3 Å². The summed E-state index contributed by atoms with van der Waals surface area (Å²) in [5.41, 5.74) is 2.78. The second-order valence-corrected chi connectivity index (χ2v) is 4.78. The molecule has 12 heavy (non-hydrogen) atoms. The van der Waals surface area contributed by atoms with Gasteiger partial charge in [-0.3, -0.25) is 0 Å². The van der Waals surface area contributed by atoms with E-state index in [1.54, 1.807) is 0 Å². The van der Waals surface area contributed by atoms with Crippen LogP contribution in [-0.2, 0) is 5.88 Å². The Morgan fingerprint density at radius 2 is 2.08 bits per heavy atom. The van der Waals surface area contributed by atoms with Crippen molar-refractivity contribution in [1.29, 1.82) is 0 Å². The van der Waals surface area contributed by atoms with Gasteiger partial charge in [0.25, 0.3) is 0 Å². The van der Waals surface area contributed by atoms with Crippen LogP contribution in [0, 0.1) is 0 Å². The highest BCUT2D eigenvalue weighted by atomic mass is 35.5. The van der Waals surface area contributed by atoms with Gasteiger partial charge in [0.05, 0.1) is 0 Å². The molecule has 0 fully saturated rings. The largest absolute Gasteiger partial charge is 0.122 e.